The molecule has 4 rings (SSSR count). The standard InChI is InChI=1S/C19H15N2O3/c20-19(23)15-4-1-5-16-18(15)14-7-6-12(11-22)9-17(14)21(16)10-13-3-2-8-24-13/h1-6,8-9,22H,10-11H2,(H2,20,23). The van der Waals surface area contributed by atoms with Gasteiger partial charge in [0.2, 0.25) is 5.91 Å². The van der Waals surface area contributed by atoms with Crippen molar-refractivity contribution in [2.75, 3.05) is 0 Å². The number of carbonyl (C=O) groups excluding carboxylic acids is 1. The molecule has 1 amide bonds. The fourth-order valence-corrected chi connectivity index (χ4v) is 3.12. The summed E-state index contributed by atoms with van der Waals surface area (Å²) in [4.78, 5) is 11.8. The normalized spacial score (nSPS) is 11.4. The maximum atomic E-state index is 11.8. The SMILES string of the molecule is NC(=O)c1cccc2c1c1[c]cc(CO)cc1n2Cc1ccco1. The molecule has 119 valence electrons. The zero-order valence-corrected chi connectivity index (χ0v) is 12.8. The molecule has 2 aromatic carbocycles. The van der Waals surface area contributed by atoms with Crippen molar-refractivity contribution in [3.63, 3.8) is 0 Å². The predicted molar refractivity (Wildman–Crippen MR) is 90.5 cm³/mol. The highest BCUT2D eigenvalue weighted by Crippen LogP contribution is 2.32. The molecule has 0 aliphatic rings. The number of aliphatic hydroxyl groups excluding tert-OH is 1. The van der Waals surface area contributed by atoms with Crippen LogP contribution in [0.25, 0.3) is 21.8 Å². The molecular weight excluding hydrogens is 304 g/mol. The van der Waals surface area contributed by atoms with Crippen LogP contribution in [0.2, 0.25) is 0 Å². The summed E-state index contributed by atoms with van der Waals surface area (Å²) < 4.78 is 7.51. The van der Waals surface area contributed by atoms with Crippen LogP contribution in [0.3, 0.4) is 0 Å². The van der Waals surface area contributed by atoms with Crippen LogP contribution in [0.15, 0.2) is 53.1 Å². The first kappa shape index (κ1) is 14.5. The second-order valence-electron chi connectivity index (χ2n) is 5.66. The van der Waals surface area contributed by atoms with Gasteiger partial charge in [-0.2, -0.15) is 0 Å². The summed E-state index contributed by atoms with van der Waals surface area (Å²) >= 11 is 0. The number of hydrogen-bond acceptors (Lipinski definition) is 3. The third-order valence-electron chi connectivity index (χ3n) is 4.20. The third-order valence-corrected chi connectivity index (χ3v) is 4.20. The topological polar surface area (TPSA) is 81.4 Å². The summed E-state index contributed by atoms with van der Waals surface area (Å²) in [6.07, 6.45) is 1.63. The second-order valence-corrected chi connectivity index (χ2v) is 5.66. The van der Waals surface area contributed by atoms with Crippen molar-refractivity contribution in [1.82, 2.24) is 4.57 Å². The molecule has 0 spiro atoms. The van der Waals surface area contributed by atoms with E-state index in [0.717, 1.165) is 33.1 Å². The molecule has 0 fully saturated rings. The number of furan rings is 1. The lowest BCUT2D eigenvalue weighted by Crippen LogP contribution is -2.11. The predicted octanol–water partition coefficient (Wildman–Crippen LogP) is 2.83. The zero-order chi connectivity index (χ0) is 16.7. The molecule has 1 radical (unpaired) electrons. The number of hydrogen-bond donors (Lipinski definition) is 2. The Morgan fingerprint density at radius 2 is 2.12 bits per heavy atom. The van der Waals surface area contributed by atoms with E-state index in [1.54, 1.807) is 18.4 Å². The van der Waals surface area contributed by atoms with E-state index in [1.165, 1.54) is 0 Å². The molecule has 0 saturated carbocycles. The van der Waals surface area contributed by atoms with Gasteiger partial charge in [0, 0.05) is 16.3 Å². The minimum Gasteiger partial charge on any atom is -0.467 e. The van der Waals surface area contributed by atoms with Gasteiger partial charge in [-0.1, -0.05) is 6.07 Å². The van der Waals surface area contributed by atoms with E-state index in [2.05, 4.69) is 6.07 Å². The summed E-state index contributed by atoms with van der Waals surface area (Å²) in [5.41, 5.74) is 8.52. The van der Waals surface area contributed by atoms with Gasteiger partial charge < -0.3 is 19.8 Å². The van der Waals surface area contributed by atoms with Crippen LogP contribution in [0.4, 0.5) is 0 Å². The van der Waals surface area contributed by atoms with Crippen molar-refractivity contribution in [3.05, 3.63) is 71.7 Å². The quantitative estimate of drug-likeness (QED) is 0.607. The van der Waals surface area contributed by atoms with Crippen LogP contribution in [0, 0.1) is 6.07 Å². The Balaban J connectivity index is 2.09. The van der Waals surface area contributed by atoms with E-state index in [9.17, 15) is 9.90 Å². The molecule has 3 N–H and O–H groups in total. The van der Waals surface area contributed by atoms with Crippen LogP contribution < -0.4 is 5.73 Å². The number of amides is 1. The first-order chi connectivity index (χ1) is 11.7. The number of fused-ring (bicyclic) bond motifs is 3. The Hall–Kier alpha value is -3.05. The van der Waals surface area contributed by atoms with Crippen molar-refractivity contribution in [3.8, 4) is 0 Å². The van der Waals surface area contributed by atoms with Crippen LogP contribution in [0.1, 0.15) is 21.7 Å². The van der Waals surface area contributed by atoms with Gasteiger partial charge in [0.15, 0.2) is 0 Å². The number of aromatic nitrogens is 1. The van der Waals surface area contributed by atoms with Gasteiger partial charge in [-0.3, -0.25) is 4.79 Å². The summed E-state index contributed by atoms with van der Waals surface area (Å²) in [7, 11) is 0. The highest BCUT2D eigenvalue weighted by atomic mass is 16.3. The molecule has 5 heteroatoms. The summed E-state index contributed by atoms with van der Waals surface area (Å²) in [6, 6.07) is 16.0. The van der Waals surface area contributed by atoms with Crippen molar-refractivity contribution >= 4 is 27.7 Å². The lowest BCUT2D eigenvalue weighted by molar-refractivity contribution is 0.100. The van der Waals surface area contributed by atoms with Gasteiger partial charge in [0.05, 0.1) is 30.4 Å². The summed E-state index contributed by atoms with van der Waals surface area (Å²) in [5.74, 6) is 0.324. The maximum absolute atomic E-state index is 11.8. The van der Waals surface area contributed by atoms with E-state index < -0.39 is 5.91 Å². The molecule has 0 aliphatic carbocycles. The highest BCUT2D eigenvalue weighted by molar-refractivity contribution is 6.17. The fraction of sp³-hybridized carbons (Fsp3) is 0.105. The van der Waals surface area contributed by atoms with Gasteiger partial charge >= 0.3 is 0 Å². The van der Waals surface area contributed by atoms with Gasteiger partial charge in [0.1, 0.15) is 5.76 Å². The number of rotatable bonds is 4. The monoisotopic (exact) mass is 319 g/mol. The van der Waals surface area contributed by atoms with E-state index in [1.807, 2.05) is 34.9 Å². The summed E-state index contributed by atoms with van der Waals surface area (Å²) in [5, 5.41) is 11.0. The molecule has 24 heavy (non-hydrogen) atoms. The van der Waals surface area contributed by atoms with Crippen molar-refractivity contribution in [2.45, 2.75) is 13.2 Å². The smallest absolute Gasteiger partial charge is 0.249 e. The average Bonchev–Trinajstić information content (AvgIpc) is 3.21. The molecular formula is C19H15N2O3. The van der Waals surface area contributed by atoms with E-state index in [4.69, 9.17) is 10.2 Å². The second kappa shape index (κ2) is 5.54. The Bertz CT molecular complexity index is 1050. The number of carbonyl (C=O) groups is 1. The van der Waals surface area contributed by atoms with Gasteiger partial charge in [-0.25, -0.2) is 0 Å². The maximum Gasteiger partial charge on any atom is 0.249 e. The average molecular weight is 319 g/mol. The van der Waals surface area contributed by atoms with E-state index >= 15 is 0 Å². The van der Waals surface area contributed by atoms with Crippen LogP contribution >= 0.6 is 0 Å². The van der Waals surface area contributed by atoms with Crippen molar-refractivity contribution < 1.29 is 14.3 Å². The highest BCUT2D eigenvalue weighted by Gasteiger charge is 2.17. The number of nitrogens with zero attached hydrogens (tertiary/aromatic N) is 1. The third kappa shape index (κ3) is 2.18. The number of primary amides is 1. The number of nitrogens with two attached hydrogens (primary N) is 1. The van der Waals surface area contributed by atoms with Gasteiger partial charge in [-0.15, -0.1) is 0 Å². The summed E-state index contributed by atoms with van der Waals surface area (Å²) in [6.45, 7) is 0.440. The Morgan fingerprint density at radius 3 is 2.83 bits per heavy atom. The minimum absolute atomic E-state index is 0.0720. The van der Waals surface area contributed by atoms with Crippen LogP contribution in [-0.2, 0) is 13.2 Å². The number of aliphatic hydroxyl groups is 1. The Morgan fingerprint density at radius 1 is 1.25 bits per heavy atom. The number of benzene rings is 2. The fourth-order valence-electron chi connectivity index (χ4n) is 3.12. The molecule has 0 unspecified atom stereocenters. The van der Waals surface area contributed by atoms with Crippen LogP contribution in [-0.4, -0.2) is 15.6 Å². The Labute approximate surface area is 137 Å². The molecule has 0 aliphatic heterocycles. The first-order valence-electron chi connectivity index (χ1n) is 7.57. The van der Waals surface area contributed by atoms with Crippen molar-refractivity contribution in [2.24, 2.45) is 5.73 Å². The lowest BCUT2D eigenvalue weighted by atomic mass is 10.0. The van der Waals surface area contributed by atoms with Crippen LogP contribution in [0.5, 0.6) is 0 Å². The Kier molecular flexibility index (Phi) is 3.36. The zero-order valence-electron chi connectivity index (χ0n) is 12.8. The molecule has 2 aromatic heterocycles. The molecule has 5 nitrogen and oxygen atoms in total. The lowest BCUT2D eigenvalue weighted by Gasteiger charge is -2.06. The van der Waals surface area contributed by atoms with Crippen molar-refractivity contribution in [1.29, 1.82) is 0 Å². The molecule has 0 bridgehead atoms. The molecule has 2 heterocycles. The van der Waals surface area contributed by atoms with E-state index in [0.29, 0.717) is 12.1 Å². The molecule has 0 atom stereocenters. The first-order valence-corrected chi connectivity index (χ1v) is 7.57. The van der Waals surface area contributed by atoms with Gasteiger partial charge in [-0.05, 0) is 48.0 Å². The van der Waals surface area contributed by atoms with Gasteiger partial charge in [0.25, 0.3) is 0 Å². The van der Waals surface area contributed by atoms with E-state index in [-0.39, 0.29) is 6.61 Å². The molecule has 4 aromatic rings. The molecule has 0 saturated heterocycles. The minimum atomic E-state index is -0.475. The largest absolute Gasteiger partial charge is 0.467 e.